The van der Waals surface area contributed by atoms with Crippen molar-refractivity contribution in [3.8, 4) is 0 Å². The molecule has 10 heteroatoms. The number of hydrogen-bond donors (Lipinski definition) is 0. The molecule has 4 aliphatic carbocycles. The van der Waals surface area contributed by atoms with Crippen molar-refractivity contribution < 1.29 is 47.4 Å². The molecule has 1 saturated heterocycles. The lowest BCUT2D eigenvalue weighted by molar-refractivity contribution is -0.339. The van der Waals surface area contributed by atoms with E-state index in [2.05, 4.69) is 19.9 Å². The number of fused-ring (bicyclic) bond motifs is 5. The first-order valence-electron chi connectivity index (χ1n) is 17.4. The monoisotopic (exact) mass is 638 g/mol. The molecule has 0 radical (unpaired) electrons. The van der Waals surface area contributed by atoms with E-state index in [9.17, 15) is 4.79 Å². The number of carbonyl (C=O) groups excluding carboxylic acids is 1. The average molecular weight is 639 g/mol. The summed E-state index contributed by atoms with van der Waals surface area (Å²) < 4.78 is 54.7. The maximum absolute atomic E-state index is 13.2. The van der Waals surface area contributed by atoms with Gasteiger partial charge in [0.25, 0.3) is 0 Å². The molecule has 45 heavy (non-hydrogen) atoms. The number of carbonyl (C=O) groups is 1. The average Bonchev–Trinajstić information content (AvgIpc) is 3.29. The highest BCUT2D eigenvalue weighted by molar-refractivity contribution is 5.99. The van der Waals surface area contributed by atoms with Crippen molar-refractivity contribution in [1.29, 1.82) is 0 Å². The SMILES string of the molecule is CCOCO[C@@H]1[C@H](O[C@H]2CC[C@@]3(C)[C@H](CC[C@@H]4[C@@H]3CC[C@]3(C)C(=O)C=C[C@]43OCOCC)C2)O[C@@H](C)[C@H](OCOCC)[C@H]1OC. The predicted octanol–water partition coefficient (Wildman–Crippen LogP) is 5.41. The molecule has 10 nitrogen and oxygen atoms in total. The fourth-order valence-corrected chi connectivity index (χ4v) is 9.48. The van der Waals surface area contributed by atoms with Crippen molar-refractivity contribution in [3.05, 3.63) is 12.2 Å². The quantitative estimate of drug-likeness (QED) is 0.132. The van der Waals surface area contributed by atoms with Crippen LogP contribution in [-0.2, 0) is 47.4 Å². The molecule has 0 aromatic rings. The van der Waals surface area contributed by atoms with E-state index in [4.69, 9.17) is 42.6 Å². The maximum Gasteiger partial charge on any atom is 0.187 e. The zero-order chi connectivity index (χ0) is 32.2. The van der Waals surface area contributed by atoms with Crippen molar-refractivity contribution in [2.75, 3.05) is 47.3 Å². The molecule has 4 fully saturated rings. The van der Waals surface area contributed by atoms with Crippen LogP contribution in [0.3, 0.4) is 0 Å². The van der Waals surface area contributed by atoms with E-state index in [0.29, 0.717) is 31.7 Å². The maximum atomic E-state index is 13.2. The molecule has 5 aliphatic rings. The van der Waals surface area contributed by atoms with Crippen molar-refractivity contribution in [2.45, 2.75) is 129 Å². The lowest BCUT2D eigenvalue weighted by Gasteiger charge is -2.63. The van der Waals surface area contributed by atoms with Gasteiger partial charge in [-0.25, -0.2) is 0 Å². The number of methoxy groups -OCH3 is 1. The standard InChI is InChI=1S/C35H58O10/c1-8-38-20-41-29-23(4)44-32(31(30(29)37-7)42-21-39-9-2)45-25-13-16-33(5)24(19-25)11-12-27-26(33)14-17-34(6)28(36)15-18-35(27,34)43-22-40-10-3/h15,18,23-27,29-32H,8-14,16-17,19-22H2,1-7H3/t23-,24+,25-,26-,27+,29-,30+,31-,32-,33-,34+,35-/m0/s1. The lowest BCUT2D eigenvalue weighted by atomic mass is 9.44. The molecule has 1 aliphatic heterocycles. The Bertz CT molecular complexity index is 1010. The third-order valence-electron chi connectivity index (χ3n) is 12.0. The fraction of sp³-hybridized carbons (Fsp3) is 0.914. The van der Waals surface area contributed by atoms with E-state index in [1.54, 1.807) is 13.2 Å². The summed E-state index contributed by atoms with van der Waals surface area (Å²) in [5, 5.41) is 0. The first-order chi connectivity index (χ1) is 21.7. The normalized spacial score (nSPS) is 44.4. The van der Waals surface area contributed by atoms with E-state index < -0.39 is 29.5 Å². The van der Waals surface area contributed by atoms with Gasteiger partial charge < -0.3 is 42.6 Å². The molecule has 0 aromatic heterocycles. The van der Waals surface area contributed by atoms with Gasteiger partial charge >= 0.3 is 0 Å². The van der Waals surface area contributed by atoms with Crippen LogP contribution in [0.2, 0.25) is 0 Å². The Balaban J connectivity index is 1.29. The van der Waals surface area contributed by atoms with Crippen LogP contribution in [0.25, 0.3) is 0 Å². The second-order valence-electron chi connectivity index (χ2n) is 14.0. The lowest BCUT2D eigenvalue weighted by Crippen LogP contribution is -2.64. The van der Waals surface area contributed by atoms with Crippen LogP contribution in [0.4, 0.5) is 0 Å². The van der Waals surface area contributed by atoms with E-state index in [0.717, 1.165) is 44.9 Å². The zero-order valence-corrected chi connectivity index (χ0v) is 28.6. The Morgan fingerprint density at radius 1 is 0.844 bits per heavy atom. The predicted molar refractivity (Wildman–Crippen MR) is 166 cm³/mol. The molecule has 12 atom stereocenters. The molecule has 1 heterocycles. The van der Waals surface area contributed by atoms with Gasteiger partial charge in [0.15, 0.2) is 12.1 Å². The van der Waals surface area contributed by atoms with Crippen molar-refractivity contribution in [2.24, 2.45) is 28.6 Å². The highest BCUT2D eigenvalue weighted by Crippen LogP contribution is 2.67. The second-order valence-corrected chi connectivity index (χ2v) is 14.0. The Morgan fingerprint density at radius 2 is 1.53 bits per heavy atom. The van der Waals surface area contributed by atoms with Gasteiger partial charge in [-0.1, -0.05) is 6.92 Å². The first kappa shape index (κ1) is 35.4. The van der Waals surface area contributed by atoms with Gasteiger partial charge in [-0.05, 0) is 115 Å². The fourth-order valence-electron chi connectivity index (χ4n) is 9.48. The van der Waals surface area contributed by atoms with Gasteiger partial charge in [0.1, 0.15) is 44.3 Å². The summed E-state index contributed by atoms with van der Waals surface area (Å²) in [7, 11) is 1.67. The molecule has 0 N–H and O–H groups in total. The Labute approximate surface area is 270 Å². The first-order valence-corrected chi connectivity index (χ1v) is 17.4. The summed E-state index contributed by atoms with van der Waals surface area (Å²) in [4.78, 5) is 13.2. The van der Waals surface area contributed by atoms with Gasteiger partial charge in [-0.2, -0.15) is 0 Å². The minimum atomic E-state index is -0.608. The van der Waals surface area contributed by atoms with E-state index in [-0.39, 0.29) is 55.8 Å². The topological polar surface area (TPSA) is 100 Å². The van der Waals surface area contributed by atoms with Crippen LogP contribution in [-0.4, -0.2) is 95.5 Å². The van der Waals surface area contributed by atoms with Crippen molar-refractivity contribution in [1.82, 2.24) is 0 Å². The molecule has 258 valence electrons. The molecule has 3 saturated carbocycles. The van der Waals surface area contributed by atoms with Gasteiger partial charge in [0.2, 0.25) is 0 Å². The molecule has 0 bridgehead atoms. The van der Waals surface area contributed by atoms with Crippen LogP contribution < -0.4 is 0 Å². The largest absolute Gasteiger partial charge is 0.376 e. The number of ether oxygens (including phenoxy) is 9. The van der Waals surface area contributed by atoms with E-state index in [1.165, 1.54) is 0 Å². The third kappa shape index (κ3) is 6.57. The number of ketones is 1. The Kier molecular flexibility index (Phi) is 11.8. The van der Waals surface area contributed by atoms with Crippen LogP contribution in [0.15, 0.2) is 12.2 Å². The molecule has 5 rings (SSSR count). The molecule has 0 amide bonds. The molecule has 0 aromatic carbocycles. The summed E-state index contributed by atoms with van der Waals surface area (Å²) in [6.45, 7) is 14.6. The minimum absolute atomic E-state index is 0.0402. The van der Waals surface area contributed by atoms with E-state index >= 15 is 0 Å². The van der Waals surface area contributed by atoms with Crippen LogP contribution in [0, 0.1) is 28.6 Å². The number of hydrogen-bond acceptors (Lipinski definition) is 10. The molecular weight excluding hydrogens is 580 g/mol. The van der Waals surface area contributed by atoms with Gasteiger partial charge in [0, 0.05) is 26.9 Å². The second kappa shape index (κ2) is 15.1. The summed E-state index contributed by atoms with van der Waals surface area (Å²) in [6, 6.07) is 0. The number of allylic oxidation sites excluding steroid dienone is 1. The van der Waals surface area contributed by atoms with Gasteiger partial charge in [0.05, 0.1) is 17.6 Å². The highest BCUT2D eigenvalue weighted by atomic mass is 16.8. The summed E-state index contributed by atoms with van der Waals surface area (Å²) in [6.07, 6.45) is 8.68. The van der Waals surface area contributed by atoms with Crippen molar-refractivity contribution in [3.63, 3.8) is 0 Å². The van der Waals surface area contributed by atoms with Crippen LogP contribution in [0.1, 0.15) is 86.5 Å². The van der Waals surface area contributed by atoms with Gasteiger partial charge in [-0.3, -0.25) is 4.79 Å². The molecule has 0 spiro atoms. The van der Waals surface area contributed by atoms with Crippen LogP contribution >= 0.6 is 0 Å². The zero-order valence-electron chi connectivity index (χ0n) is 28.6. The molecule has 0 unspecified atom stereocenters. The van der Waals surface area contributed by atoms with Crippen LogP contribution in [0.5, 0.6) is 0 Å². The number of rotatable bonds is 15. The smallest absolute Gasteiger partial charge is 0.187 e. The Morgan fingerprint density at radius 3 is 2.22 bits per heavy atom. The Hall–Kier alpha value is -0.950. The van der Waals surface area contributed by atoms with E-state index in [1.807, 2.05) is 27.7 Å². The summed E-state index contributed by atoms with van der Waals surface area (Å²) in [5.41, 5.74) is -0.983. The summed E-state index contributed by atoms with van der Waals surface area (Å²) in [5.74, 6) is 1.46. The minimum Gasteiger partial charge on any atom is -0.376 e. The van der Waals surface area contributed by atoms with Crippen molar-refractivity contribution >= 4 is 5.78 Å². The highest BCUT2D eigenvalue weighted by Gasteiger charge is 2.67. The third-order valence-corrected chi connectivity index (χ3v) is 12.0. The summed E-state index contributed by atoms with van der Waals surface area (Å²) >= 11 is 0. The molecular formula is C35H58O10. The van der Waals surface area contributed by atoms with Gasteiger partial charge in [-0.15, -0.1) is 0 Å².